The number of rotatable bonds is 7. The third-order valence-electron chi connectivity index (χ3n) is 11.5. The Hall–Kier alpha value is -7.90. The Bertz CT molecular complexity index is 3000. The van der Waals surface area contributed by atoms with E-state index in [9.17, 15) is 35.9 Å². The zero-order valence-electron chi connectivity index (χ0n) is 38.5. The maximum absolute atomic E-state index is 13.0. The van der Waals surface area contributed by atoms with Crippen LogP contribution in [0.4, 0.5) is 35.9 Å². The van der Waals surface area contributed by atoms with Crippen molar-refractivity contribution < 1.29 is 65.2 Å². The molecule has 20 heteroatoms. The molecule has 5 aromatic carbocycles. The normalized spacial score (nSPS) is 16.0. The topological polar surface area (TPSA) is 191 Å². The van der Waals surface area contributed by atoms with E-state index in [-0.39, 0.29) is 30.9 Å². The first kappa shape index (κ1) is 51.0. The van der Waals surface area contributed by atoms with Crippen LogP contribution in [0.15, 0.2) is 115 Å². The maximum Gasteiger partial charge on any atom is 0.490 e. The van der Waals surface area contributed by atoms with Gasteiger partial charge in [-0.05, 0) is 115 Å². The van der Waals surface area contributed by atoms with Gasteiger partial charge in [-0.2, -0.15) is 26.3 Å². The zero-order valence-corrected chi connectivity index (χ0v) is 38.5. The van der Waals surface area contributed by atoms with Crippen molar-refractivity contribution in [1.82, 2.24) is 29.7 Å². The number of nitrogens with one attached hydrogen (secondary N) is 2. The molecular formula is C51H48F6N6O8. The summed E-state index contributed by atoms with van der Waals surface area (Å²) in [4.78, 5) is 63.9. The summed E-state index contributed by atoms with van der Waals surface area (Å²) < 4.78 is 74.8. The number of carbonyl (C=O) groups excluding carboxylic acids is 2. The Balaban J connectivity index is 0.000000465. The Morgan fingerprint density at radius 1 is 0.634 bits per heavy atom. The van der Waals surface area contributed by atoms with E-state index in [0.717, 1.165) is 92.8 Å². The van der Waals surface area contributed by atoms with E-state index in [0.29, 0.717) is 13.1 Å². The van der Waals surface area contributed by atoms with Gasteiger partial charge in [0.1, 0.15) is 23.9 Å². The van der Waals surface area contributed by atoms with Gasteiger partial charge in [0, 0.05) is 13.1 Å². The molecule has 4 N–H and O–H groups in total. The van der Waals surface area contributed by atoms with Crippen molar-refractivity contribution in [3.8, 4) is 33.5 Å². The van der Waals surface area contributed by atoms with Gasteiger partial charge in [-0.3, -0.25) is 9.80 Å². The SMILES string of the molecule is CC(C)(C)OC(=O)N1CCC[C@H]1c1nc2ccc(-c3ccc4ccc(-c5ccc(-c6cnc([C@@H]7CCCN7C(=O)OCc7ccccc7)[nH]6)cc5)cc4c3)cc2[nH]1.O=C(O)C(F)(F)F.O=C(O)C(F)(F)F. The molecule has 2 amide bonds. The third kappa shape index (κ3) is 12.9. The van der Waals surface area contributed by atoms with E-state index < -0.39 is 29.9 Å². The number of benzene rings is 5. The minimum atomic E-state index is -5.08. The van der Waals surface area contributed by atoms with Crippen LogP contribution in [-0.2, 0) is 25.7 Å². The number of amides is 2. The lowest BCUT2D eigenvalue weighted by Gasteiger charge is -2.27. The van der Waals surface area contributed by atoms with E-state index in [4.69, 9.17) is 39.2 Å². The lowest BCUT2D eigenvalue weighted by Crippen LogP contribution is -2.36. The molecule has 2 aromatic heterocycles. The molecule has 2 aliphatic heterocycles. The molecule has 0 spiro atoms. The molecule has 0 aliphatic carbocycles. The number of imidazole rings is 2. The number of ether oxygens (including phenoxy) is 2. The molecule has 372 valence electrons. The van der Waals surface area contributed by atoms with Crippen LogP contribution in [0.2, 0.25) is 0 Å². The number of fused-ring (bicyclic) bond motifs is 2. The molecule has 2 saturated heterocycles. The number of carbonyl (C=O) groups is 4. The summed E-state index contributed by atoms with van der Waals surface area (Å²) in [6.45, 7) is 7.23. The minimum Gasteiger partial charge on any atom is -0.475 e. The van der Waals surface area contributed by atoms with Gasteiger partial charge in [0.15, 0.2) is 0 Å². The number of hydrogen-bond acceptors (Lipinski definition) is 8. The highest BCUT2D eigenvalue weighted by Crippen LogP contribution is 2.36. The second-order valence-corrected chi connectivity index (χ2v) is 17.7. The molecule has 2 atom stereocenters. The first-order valence-corrected chi connectivity index (χ1v) is 22.3. The number of likely N-dealkylation sites (tertiary alicyclic amines) is 2. The lowest BCUT2D eigenvalue weighted by molar-refractivity contribution is -0.193. The molecule has 7 aromatic rings. The summed E-state index contributed by atoms with van der Waals surface area (Å²) in [6.07, 6.45) is -5.42. The van der Waals surface area contributed by atoms with Crippen LogP contribution in [0.3, 0.4) is 0 Å². The average molecular weight is 987 g/mol. The van der Waals surface area contributed by atoms with Crippen molar-refractivity contribution in [1.29, 1.82) is 0 Å². The van der Waals surface area contributed by atoms with Gasteiger partial charge >= 0.3 is 36.5 Å². The smallest absolute Gasteiger partial charge is 0.475 e. The van der Waals surface area contributed by atoms with E-state index >= 15 is 0 Å². The second kappa shape index (κ2) is 21.0. The van der Waals surface area contributed by atoms with Crippen LogP contribution in [0.1, 0.15) is 75.8 Å². The number of nitrogens with zero attached hydrogens (tertiary/aromatic N) is 4. The number of halogens is 6. The number of aromatic amines is 2. The van der Waals surface area contributed by atoms with Crippen molar-refractivity contribution >= 4 is 45.9 Å². The van der Waals surface area contributed by atoms with Gasteiger partial charge in [-0.15, -0.1) is 0 Å². The van der Waals surface area contributed by atoms with Crippen molar-refractivity contribution in [3.05, 3.63) is 133 Å². The number of H-pyrrole nitrogens is 2. The largest absolute Gasteiger partial charge is 0.490 e. The van der Waals surface area contributed by atoms with Crippen LogP contribution in [-0.4, -0.2) is 95.1 Å². The fraction of sp³-hybridized carbons (Fsp3) is 0.294. The lowest BCUT2D eigenvalue weighted by atomic mass is 9.97. The Kier molecular flexibility index (Phi) is 15.1. The van der Waals surface area contributed by atoms with Crippen LogP contribution < -0.4 is 0 Å². The summed E-state index contributed by atoms with van der Waals surface area (Å²) in [5.74, 6) is -3.94. The molecule has 2 aliphatic rings. The van der Waals surface area contributed by atoms with Gasteiger partial charge in [0.2, 0.25) is 0 Å². The molecule has 2 fully saturated rings. The molecule has 0 saturated carbocycles. The first-order valence-electron chi connectivity index (χ1n) is 22.3. The standard InChI is InChI=1S/C47H46N6O4.2C2HF3O2/c1-47(2,3)57-46(55)53-24-8-12-42(53)44-49-38-22-21-36(27-39(38)50-44)35-20-16-32-15-19-34(25-37(32)26-35)31-13-17-33(18-14-31)40-28-48-43(51-40)41-11-7-23-52(41)45(54)56-29-30-9-5-4-6-10-30;2*3-2(4,5)1(6)7/h4-6,9-10,13-22,25-28,41-42H,7-8,11-12,23-24,29H2,1-3H3,(H,48,51)(H,49,50);2*(H,6,7)/t41-,42-;;/m0../s1. The van der Waals surface area contributed by atoms with E-state index in [1.165, 1.54) is 5.39 Å². The summed E-state index contributed by atoms with van der Waals surface area (Å²) in [5, 5.41) is 16.6. The number of carboxylic acids is 2. The second-order valence-electron chi connectivity index (χ2n) is 17.7. The van der Waals surface area contributed by atoms with E-state index in [1.807, 2.05) is 63.4 Å². The van der Waals surface area contributed by atoms with Crippen molar-refractivity contribution in [2.75, 3.05) is 13.1 Å². The fourth-order valence-electron chi connectivity index (χ4n) is 8.13. The van der Waals surface area contributed by atoms with E-state index in [2.05, 4.69) is 82.8 Å². The minimum absolute atomic E-state index is 0.133. The molecule has 0 radical (unpaired) electrons. The van der Waals surface area contributed by atoms with E-state index in [1.54, 1.807) is 9.80 Å². The van der Waals surface area contributed by atoms with Crippen LogP contribution in [0.25, 0.3) is 55.3 Å². The highest BCUT2D eigenvalue weighted by Gasteiger charge is 2.39. The third-order valence-corrected chi connectivity index (χ3v) is 11.5. The predicted molar refractivity (Wildman–Crippen MR) is 250 cm³/mol. The fourth-order valence-corrected chi connectivity index (χ4v) is 8.13. The summed E-state index contributed by atoms with van der Waals surface area (Å²) in [6, 6.07) is 37.4. The predicted octanol–water partition coefficient (Wildman–Crippen LogP) is 12.3. The molecule has 71 heavy (non-hydrogen) atoms. The van der Waals surface area contributed by atoms with Crippen LogP contribution in [0, 0.1) is 0 Å². The highest BCUT2D eigenvalue weighted by atomic mass is 19.4. The van der Waals surface area contributed by atoms with Gasteiger partial charge in [0.25, 0.3) is 0 Å². The number of carboxylic acid groups (broad SMARTS) is 2. The molecule has 9 rings (SSSR count). The van der Waals surface area contributed by atoms with Crippen molar-refractivity contribution in [2.45, 2.75) is 83.1 Å². The molecule has 0 unspecified atom stereocenters. The highest BCUT2D eigenvalue weighted by molar-refractivity contribution is 5.92. The molecule has 14 nitrogen and oxygen atoms in total. The van der Waals surface area contributed by atoms with Gasteiger partial charge in [-0.25, -0.2) is 29.1 Å². The summed E-state index contributed by atoms with van der Waals surface area (Å²) >= 11 is 0. The van der Waals surface area contributed by atoms with Crippen LogP contribution in [0.5, 0.6) is 0 Å². The van der Waals surface area contributed by atoms with Gasteiger partial charge in [-0.1, -0.05) is 84.9 Å². The Morgan fingerprint density at radius 3 is 1.72 bits per heavy atom. The number of aromatic nitrogens is 4. The number of hydrogen-bond donors (Lipinski definition) is 4. The van der Waals surface area contributed by atoms with Crippen LogP contribution >= 0.6 is 0 Å². The summed E-state index contributed by atoms with van der Waals surface area (Å²) in [7, 11) is 0. The Labute approximate surface area is 402 Å². The monoisotopic (exact) mass is 986 g/mol. The van der Waals surface area contributed by atoms with Gasteiger partial charge < -0.3 is 29.7 Å². The maximum atomic E-state index is 13.0. The van der Waals surface area contributed by atoms with Crippen molar-refractivity contribution in [2.24, 2.45) is 0 Å². The van der Waals surface area contributed by atoms with Crippen molar-refractivity contribution in [3.63, 3.8) is 0 Å². The molecule has 0 bridgehead atoms. The molecular weight excluding hydrogens is 939 g/mol. The quantitative estimate of drug-likeness (QED) is 0.112. The zero-order chi connectivity index (χ0) is 51.3. The summed E-state index contributed by atoms with van der Waals surface area (Å²) in [5.41, 5.74) is 8.63. The first-order chi connectivity index (χ1) is 33.5. The average Bonchev–Trinajstić information content (AvgIpc) is 4.17. The molecule has 4 heterocycles. The number of alkyl halides is 6. The van der Waals surface area contributed by atoms with Gasteiger partial charge in [0.05, 0.1) is 35.0 Å². The number of aliphatic carboxylic acids is 2. The Morgan fingerprint density at radius 2 is 1.14 bits per heavy atom.